The van der Waals surface area contributed by atoms with Crippen LogP contribution in [0, 0.1) is 0 Å². The molecule has 4 nitrogen and oxygen atoms in total. The molecule has 0 rings (SSSR count). The van der Waals surface area contributed by atoms with Gasteiger partial charge in [-0.2, -0.15) is 0 Å². The van der Waals surface area contributed by atoms with Gasteiger partial charge in [0.1, 0.15) is 19.7 Å². The van der Waals surface area contributed by atoms with E-state index in [1.165, 1.54) is 0 Å². The van der Waals surface area contributed by atoms with Crippen LogP contribution in [0.15, 0.2) is 0 Å². The smallest absolute Gasteiger partial charge is 0.147 e. The minimum atomic E-state index is -2.94. The van der Waals surface area contributed by atoms with Gasteiger partial charge in [-0.05, 0) is 12.8 Å². The molecule has 0 aliphatic rings. The van der Waals surface area contributed by atoms with Crippen molar-refractivity contribution in [3.8, 4) is 0 Å². The summed E-state index contributed by atoms with van der Waals surface area (Å²) >= 11 is 0. The molecule has 0 spiro atoms. The SMILES string of the molecule is CS(=O)(=O)CCCCS(C)(=O)=O. The highest BCUT2D eigenvalue weighted by Crippen LogP contribution is 1.97. The maximum atomic E-state index is 10.6. The van der Waals surface area contributed by atoms with Crippen LogP contribution in [-0.4, -0.2) is 40.9 Å². The van der Waals surface area contributed by atoms with Crippen molar-refractivity contribution < 1.29 is 16.8 Å². The molecule has 74 valence electrons. The van der Waals surface area contributed by atoms with Crippen molar-refractivity contribution in [3.05, 3.63) is 0 Å². The van der Waals surface area contributed by atoms with Crippen LogP contribution >= 0.6 is 0 Å². The average Bonchev–Trinajstić information content (AvgIpc) is 1.76. The maximum Gasteiger partial charge on any atom is 0.147 e. The molecule has 0 heterocycles. The molecule has 0 fully saturated rings. The zero-order chi connectivity index (χ0) is 9.83. The van der Waals surface area contributed by atoms with Crippen molar-refractivity contribution in [2.24, 2.45) is 0 Å². The van der Waals surface area contributed by atoms with Gasteiger partial charge in [0, 0.05) is 24.0 Å². The van der Waals surface area contributed by atoms with Gasteiger partial charge in [0.15, 0.2) is 0 Å². The zero-order valence-corrected chi connectivity index (χ0v) is 8.91. The zero-order valence-electron chi connectivity index (χ0n) is 7.28. The van der Waals surface area contributed by atoms with Gasteiger partial charge in [0.05, 0.1) is 0 Å². The van der Waals surface area contributed by atoms with Gasteiger partial charge in [0.2, 0.25) is 0 Å². The molecule has 0 aromatic carbocycles. The second kappa shape index (κ2) is 4.23. The Labute approximate surface area is 73.8 Å². The summed E-state index contributed by atoms with van der Waals surface area (Å²) in [5.74, 6) is 0.144. The molecule has 0 bridgehead atoms. The van der Waals surface area contributed by atoms with Crippen molar-refractivity contribution in [2.75, 3.05) is 24.0 Å². The van der Waals surface area contributed by atoms with E-state index < -0.39 is 19.7 Å². The van der Waals surface area contributed by atoms with Gasteiger partial charge >= 0.3 is 0 Å². The fourth-order valence-electron chi connectivity index (χ4n) is 0.729. The highest BCUT2D eigenvalue weighted by atomic mass is 32.2. The molecule has 0 N–H and O–H groups in total. The highest BCUT2D eigenvalue weighted by Gasteiger charge is 2.04. The van der Waals surface area contributed by atoms with Gasteiger partial charge in [-0.3, -0.25) is 0 Å². The average molecular weight is 214 g/mol. The lowest BCUT2D eigenvalue weighted by molar-refractivity contribution is 0.591. The van der Waals surface area contributed by atoms with E-state index in [0.717, 1.165) is 12.5 Å². The van der Waals surface area contributed by atoms with Crippen LogP contribution in [0.25, 0.3) is 0 Å². The number of hydrogen-bond acceptors (Lipinski definition) is 4. The van der Waals surface area contributed by atoms with E-state index >= 15 is 0 Å². The van der Waals surface area contributed by atoms with Gasteiger partial charge in [-0.1, -0.05) is 0 Å². The summed E-state index contributed by atoms with van der Waals surface area (Å²) < 4.78 is 42.4. The highest BCUT2D eigenvalue weighted by molar-refractivity contribution is 7.91. The van der Waals surface area contributed by atoms with Crippen molar-refractivity contribution in [1.82, 2.24) is 0 Å². The van der Waals surface area contributed by atoms with Crippen LogP contribution in [0.5, 0.6) is 0 Å². The minimum absolute atomic E-state index is 0.0719. The van der Waals surface area contributed by atoms with E-state index in [1.807, 2.05) is 0 Å². The van der Waals surface area contributed by atoms with Crippen molar-refractivity contribution in [3.63, 3.8) is 0 Å². The van der Waals surface area contributed by atoms with Crippen molar-refractivity contribution in [2.45, 2.75) is 12.8 Å². The third-order valence-electron chi connectivity index (χ3n) is 1.28. The second-order valence-electron chi connectivity index (χ2n) is 2.97. The molecule has 0 aliphatic heterocycles. The summed E-state index contributed by atoms with van der Waals surface area (Å²) in [6.07, 6.45) is 3.14. The first-order valence-corrected chi connectivity index (χ1v) is 7.68. The maximum absolute atomic E-state index is 10.6. The molecular weight excluding hydrogens is 200 g/mol. The van der Waals surface area contributed by atoms with Gasteiger partial charge < -0.3 is 0 Å². The van der Waals surface area contributed by atoms with E-state index in [-0.39, 0.29) is 11.5 Å². The van der Waals surface area contributed by atoms with Gasteiger partial charge in [-0.15, -0.1) is 0 Å². The van der Waals surface area contributed by atoms with Crippen molar-refractivity contribution >= 4 is 19.7 Å². The Hall–Kier alpha value is -0.100. The first-order chi connectivity index (χ1) is 5.21. The topological polar surface area (TPSA) is 68.3 Å². The molecular formula is C6H14O4S2. The summed E-state index contributed by atoms with van der Waals surface area (Å²) in [6, 6.07) is 0. The Bertz CT molecular complexity index is 277. The Morgan fingerprint density at radius 2 is 1.00 bits per heavy atom. The lowest BCUT2D eigenvalue weighted by atomic mass is 10.4. The van der Waals surface area contributed by atoms with E-state index in [2.05, 4.69) is 0 Å². The predicted octanol–water partition coefficient (Wildman–Crippen LogP) is -0.144. The van der Waals surface area contributed by atoms with Crippen molar-refractivity contribution in [1.29, 1.82) is 0 Å². The molecule has 0 saturated carbocycles. The van der Waals surface area contributed by atoms with E-state index in [0.29, 0.717) is 12.8 Å². The number of rotatable bonds is 5. The summed E-state index contributed by atoms with van der Waals surface area (Å²) in [7, 11) is -5.87. The van der Waals surface area contributed by atoms with Crippen LogP contribution in [-0.2, 0) is 19.7 Å². The van der Waals surface area contributed by atoms with Crippen LogP contribution in [0.1, 0.15) is 12.8 Å². The molecule has 0 amide bonds. The molecule has 0 unspecified atom stereocenters. The van der Waals surface area contributed by atoms with E-state index in [4.69, 9.17) is 0 Å². The van der Waals surface area contributed by atoms with Crippen LogP contribution < -0.4 is 0 Å². The minimum Gasteiger partial charge on any atom is -0.229 e. The standard InChI is InChI=1S/C6H14O4S2/c1-11(7,8)5-3-4-6-12(2,9)10/h3-6H2,1-2H3. The number of sulfone groups is 2. The number of unbranched alkanes of at least 4 members (excludes halogenated alkanes) is 1. The van der Waals surface area contributed by atoms with Crippen LogP contribution in [0.4, 0.5) is 0 Å². The predicted molar refractivity (Wildman–Crippen MR) is 48.7 cm³/mol. The Morgan fingerprint density at radius 3 is 1.17 bits per heavy atom. The van der Waals surface area contributed by atoms with Crippen LogP contribution in [0.2, 0.25) is 0 Å². The lowest BCUT2D eigenvalue weighted by Crippen LogP contribution is -2.07. The summed E-state index contributed by atoms with van der Waals surface area (Å²) in [4.78, 5) is 0. The summed E-state index contributed by atoms with van der Waals surface area (Å²) in [6.45, 7) is 0. The Morgan fingerprint density at radius 1 is 0.750 bits per heavy atom. The fourth-order valence-corrected chi connectivity index (χ4v) is 2.19. The van der Waals surface area contributed by atoms with E-state index in [9.17, 15) is 16.8 Å². The van der Waals surface area contributed by atoms with Crippen LogP contribution in [0.3, 0.4) is 0 Å². The summed E-state index contributed by atoms with van der Waals surface area (Å²) in [5, 5.41) is 0. The molecule has 12 heavy (non-hydrogen) atoms. The Kier molecular flexibility index (Phi) is 4.19. The third kappa shape index (κ3) is 9.90. The van der Waals surface area contributed by atoms with Gasteiger partial charge in [0.25, 0.3) is 0 Å². The molecule has 0 saturated heterocycles. The molecule has 0 radical (unpaired) electrons. The first-order valence-electron chi connectivity index (χ1n) is 3.56. The molecule has 6 heteroatoms. The lowest BCUT2D eigenvalue weighted by Gasteiger charge is -1.97. The van der Waals surface area contributed by atoms with Gasteiger partial charge in [-0.25, -0.2) is 16.8 Å². The molecule has 0 aromatic rings. The quantitative estimate of drug-likeness (QED) is 0.597. The summed E-state index contributed by atoms with van der Waals surface area (Å²) in [5.41, 5.74) is 0. The largest absolute Gasteiger partial charge is 0.229 e. The third-order valence-corrected chi connectivity index (χ3v) is 3.34. The fraction of sp³-hybridized carbons (Fsp3) is 1.00. The second-order valence-corrected chi connectivity index (χ2v) is 7.49. The normalized spacial score (nSPS) is 13.2. The first kappa shape index (κ1) is 11.9. The number of hydrogen-bond donors (Lipinski definition) is 0. The monoisotopic (exact) mass is 214 g/mol. The van der Waals surface area contributed by atoms with E-state index in [1.54, 1.807) is 0 Å². The Balaban J connectivity index is 3.62. The molecule has 0 aliphatic carbocycles. The molecule has 0 atom stereocenters. The molecule has 0 aromatic heterocycles.